The molecule has 1 aliphatic carbocycles. The first-order chi connectivity index (χ1) is 14.7. The summed E-state index contributed by atoms with van der Waals surface area (Å²) in [5.74, 6) is 1.32. The lowest BCUT2D eigenvalue weighted by Crippen LogP contribution is -2.34. The van der Waals surface area contributed by atoms with Crippen LogP contribution in [0.4, 0.5) is 0 Å². The number of aromatic amines is 1. The fraction of sp³-hybridized carbons (Fsp3) is 0.409. The van der Waals surface area contributed by atoms with Crippen molar-refractivity contribution >= 4 is 39.2 Å². The number of benzene rings is 1. The second kappa shape index (κ2) is 9.76. The second-order valence-corrected chi connectivity index (χ2v) is 9.49. The molecule has 158 valence electrons. The van der Waals surface area contributed by atoms with Crippen LogP contribution in [0.1, 0.15) is 34.7 Å². The molecule has 0 radical (unpaired) electrons. The molecule has 8 heteroatoms. The summed E-state index contributed by atoms with van der Waals surface area (Å²) in [4.78, 5) is 36.6. The lowest BCUT2D eigenvalue weighted by atomic mass is 9.97. The maximum absolute atomic E-state index is 12.6. The molecule has 0 atom stereocenters. The summed E-state index contributed by atoms with van der Waals surface area (Å²) in [7, 11) is 0. The van der Waals surface area contributed by atoms with E-state index in [1.807, 2.05) is 30.3 Å². The van der Waals surface area contributed by atoms with Gasteiger partial charge >= 0.3 is 0 Å². The highest BCUT2D eigenvalue weighted by atomic mass is 32.2. The highest BCUT2D eigenvalue weighted by Crippen LogP contribution is 2.33. The first kappa shape index (κ1) is 21.1. The lowest BCUT2D eigenvalue weighted by molar-refractivity contribution is -0.129. The van der Waals surface area contributed by atoms with Gasteiger partial charge in [-0.15, -0.1) is 23.1 Å². The Hall–Kier alpha value is -2.16. The number of thiophene rings is 1. The van der Waals surface area contributed by atoms with Crippen molar-refractivity contribution in [2.75, 3.05) is 18.9 Å². The van der Waals surface area contributed by atoms with E-state index in [9.17, 15) is 14.7 Å². The van der Waals surface area contributed by atoms with Gasteiger partial charge in [0.05, 0.1) is 23.5 Å². The van der Waals surface area contributed by atoms with Crippen LogP contribution in [0.25, 0.3) is 10.2 Å². The second-order valence-electron chi connectivity index (χ2n) is 7.42. The average Bonchev–Trinajstić information content (AvgIpc) is 3.13. The summed E-state index contributed by atoms with van der Waals surface area (Å²) < 4.78 is 0. The largest absolute Gasteiger partial charge is 0.395 e. The van der Waals surface area contributed by atoms with Crippen LogP contribution in [0.15, 0.2) is 35.1 Å². The molecular weight excluding hydrogens is 418 g/mol. The van der Waals surface area contributed by atoms with E-state index in [1.165, 1.54) is 28.6 Å². The number of aryl methyl sites for hydroxylation is 2. The number of carbonyl (C=O) groups is 1. The smallest absolute Gasteiger partial charge is 0.259 e. The predicted molar refractivity (Wildman–Crippen MR) is 122 cm³/mol. The number of aromatic nitrogens is 2. The predicted octanol–water partition coefficient (Wildman–Crippen LogP) is 3.12. The minimum Gasteiger partial charge on any atom is -0.395 e. The molecule has 30 heavy (non-hydrogen) atoms. The number of nitrogens with one attached hydrogen (secondary N) is 1. The van der Waals surface area contributed by atoms with Gasteiger partial charge < -0.3 is 15.0 Å². The van der Waals surface area contributed by atoms with Crippen LogP contribution in [-0.2, 0) is 29.9 Å². The van der Waals surface area contributed by atoms with Crippen LogP contribution in [0, 0.1) is 0 Å². The molecule has 0 spiro atoms. The van der Waals surface area contributed by atoms with Gasteiger partial charge in [-0.05, 0) is 36.8 Å². The van der Waals surface area contributed by atoms with Gasteiger partial charge in [0, 0.05) is 18.0 Å². The van der Waals surface area contributed by atoms with Crippen LogP contribution < -0.4 is 5.56 Å². The van der Waals surface area contributed by atoms with E-state index < -0.39 is 0 Å². The summed E-state index contributed by atoms with van der Waals surface area (Å²) >= 11 is 3.07. The third-order valence-corrected chi connectivity index (χ3v) is 7.39. The SMILES string of the molecule is O=C(CSCc1nc2sc3c(c2c(=O)[nH]1)CCCC3)N(CCO)Cc1ccccc1. The maximum atomic E-state index is 12.6. The monoisotopic (exact) mass is 443 g/mol. The lowest BCUT2D eigenvalue weighted by Gasteiger charge is -2.21. The number of nitrogens with zero attached hydrogens (tertiary/aromatic N) is 2. The number of rotatable bonds is 8. The Labute approximate surface area is 183 Å². The Morgan fingerprint density at radius 1 is 1.23 bits per heavy atom. The fourth-order valence-corrected chi connectivity index (χ4v) is 5.89. The van der Waals surface area contributed by atoms with Gasteiger partial charge in [-0.1, -0.05) is 30.3 Å². The van der Waals surface area contributed by atoms with Crippen molar-refractivity contribution in [1.82, 2.24) is 14.9 Å². The average molecular weight is 444 g/mol. The number of carbonyl (C=O) groups excluding carboxylic acids is 1. The number of aliphatic hydroxyl groups excluding tert-OH is 1. The zero-order chi connectivity index (χ0) is 20.9. The first-order valence-corrected chi connectivity index (χ1v) is 12.2. The Bertz CT molecular complexity index is 1080. The summed E-state index contributed by atoms with van der Waals surface area (Å²) in [6.07, 6.45) is 4.31. The van der Waals surface area contributed by atoms with E-state index in [0.717, 1.165) is 35.0 Å². The first-order valence-electron chi connectivity index (χ1n) is 10.2. The molecule has 1 aromatic carbocycles. The quantitative estimate of drug-likeness (QED) is 0.559. The number of fused-ring (bicyclic) bond motifs is 3. The highest BCUT2D eigenvalue weighted by molar-refractivity contribution is 7.99. The van der Waals surface area contributed by atoms with Crippen molar-refractivity contribution < 1.29 is 9.90 Å². The van der Waals surface area contributed by atoms with Gasteiger partial charge in [0.2, 0.25) is 5.91 Å². The third-order valence-electron chi connectivity index (χ3n) is 5.28. The van der Waals surface area contributed by atoms with E-state index in [-0.39, 0.29) is 23.8 Å². The van der Waals surface area contributed by atoms with Gasteiger partial charge in [-0.3, -0.25) is 9.59 Å². The molecular formula is C22H25N3O3S2. The van der Waals surface area contributed by atoms with Crippen molar-refractivity contribution in [1.29, 1.82) is 0 Å². The normalized spacial score (nSPS) is 13.4. The van der Waals surface area contributed by atoms with Crippen molar-refractivity contribution in [3.8, 4) is 0 Å². The fourth-order valence-electron chi connectivity index (χ4n) is 3.82. The Kier molecular flexibility index (Phi) is 6.86. The molecule has 0 fully saturated rings. The molecule has 6 nitrogen and oxygen atoms in total. The van der Waals surface area contributed by atoms with Gasteiger partial charge in [-0.25, -0.2) is 4.98 Å². The van der Waals surface area contributed by atoms with Crippen molar-refractivity contribution in [2.24, 2.45) is 0 Å². The summed E-state index contributed by atoms with van der Waals surface area (Å²) in [6.45, 7) is 0.705. The van der Waals surface area contributed by atoms with Gasteiger partial charge in [0.1, 0.15) is 10.7 Å². The number of H-pyrrole nitrogens is 1. The van der Waals surface area contributed by atoms with Gasteiger partial charge in [0.25, 0.3) is 5.56 Å². The van der Waals surface area contributed by atoms with E-state index >= 15 is 0 Å². The molecule has 0 saturated heterocycles. The molecule has 3 aromatic rings. The number of hydrogen-bond acceptors (Lipinski definition) is 6. The standard InChI is InChI=1S/C22H25N3O3S2/c26-11-10-25(12-15-6-2-1-3-7-15)19(27)14-29-13-18-23-21(28)20-16-8-4-5-9-17(16)30-22(20)24-18/h1-3,6-7,26H,4-5,8-14H2,(H,23,24,28). The Morgan fingerprint density at radius 3 is 2.83 bits per heavy atom. The summed E-state index contributed by atoms with van der Waals surface area (Å²) in [6, 6.07) is 9.75. The molecule has 4 rings (SSSR count). The molecule has 0 unspecified atom stereocenters. The van der Waals surface area contributed by atoms with Crippen molar-refractivity contribution in [3.63, 3.8) is 0 Å². The molecule has 0 aliphatic heterocycles. The van der Waals surface area contributed by atoms with E-state index in [4.69, 9.17) is 0 Å². The van der Waals surface area contributed by atoms with Crippen LogP contribution in [0.2, 0.25) is 0 Å². The van der Waals surface area contributed by atoms with E-state index in [0.29, 0.717) is 24.7 Å². The molecule has 0 saturated carbocycles. The number of amides is 1. The molecule has 2 heterocycles. The molecule has 2 N–H and O–H groups in total. The van der Waals surface area contributed by atoms with Crippen LogP contribution in [-0.4, -0.2) is 44.8 Å². The highest BCUT2D eigenvalue weighted by Gasteiger charge is 2.20. The molecule has 0 bridgehead atoms. The molecule has 2 aromatic heterocycles. The van der Waals surface area contributed by atoms with E-state index in [2.05, 4.69) is 9.97 Å². The topological polar surface area (TPSA) is 86.3 Å². The summed E-state index contributed by atoms with van der Waals surface area (Å²) in [5, 5.41) is 10.1. The summed E-state index contributed by atoms with van der Waals surface area (Å²) in [5.41, 5.74) is 2.15. The number of thioether (sulfide) groups is 1. The molecule has 1 amide bonds. The van der Waals surface area contributed by atoms with Crippen molar-refractivity contribution in [3.05, 3.63) is 62.5 Å². The van der Waals surface area contributed by atoms with Crippen molar-refractivity contribution in [2.45, 2.75) is 38.0 Å². The maximum Gasteiger partial charge on any atom is 0.259 e. The van der Waals surface area contributed by atoms with Crippen LogP contribution in [0.5, 0.6) is 0 Å². The van der Waals surface area contributed by atoms with Crippen LogP contribution in [0.3, 0.4) is 0 Å². The van der Waals surface area contributed by atoms with Gasteiger partial charge in [0.15, 0.2) is 0 Å². The minimum atomic E-state index is -0.0716. The zero-order valence-corrected chi connectivity index (χ0v) is 18.4. The Balaban J connectivity index is 1.39. The zero-order valence-electron chi connectivity index (χ0n) is 16.7. The minimum absolute atomic E-state index is 0.0343. The number of hydrogen-bond donors (Lipinski definition) is 2. The van der Waals surface area contributed by atoms with Gasteiger partial charge in [-0.2, -0.15) is 0 Å². The van der Waals surface area contributed by atoms with E-state index in [1.54, 1.807) is 16.2 Å². The third kappa shape index (κ3) is 4.77. The van der Waals surface area contributed by atoms with Crippen LogP contribution >= 0.6 is 23.1 Å². The number of aliphatic hydroxyl groups is 1. The Morgan fingerprint density at radius 2 is 2.03 bits per heavy atom. The molecule has 1 aliphatic rings.